The predicted octanol–water partition coefficient (Wildman–Crippen LogP) is 3.80. The van der Waals surface area contributed by atoms with Crippen LogP contribution in [0.4, 0.5) is 5.69 Å². The number of nitrogens with two attached hydrogens (primary N) is 1. The van der Waals surface area contributed by atoms with Crippen molar-refractivity contribution in [2.45, 2.75) is 31.6 Å². The van der Waals surface area contributed by atoms with E-state index >= 15 is 0 Å². The summed E-state index contributed by atoms with van der Waals surface area (Å²) in [7, 11) is 0. The van der Waals surface area contributed by atoms with Crippen LogP contribution in [0, 0.1) is 0 Å². The number of halogens is 1. The lowest BCUT2D eigenvalue weighted by molar-refractivity contribution is 0.727. The summed E-state index contributed by atoms with van der Waals surface area (Å²) in [4.78, 5) is 2.49. The molecule has 1 fully saturated rings. The molecule has 100 valence electrons. The van der Waals surface area contributed by atoms with E-state index in [-0.39, 0.29) is 6.04 Å². The summed E-state index contributed by atoms with van der Waals surface area (Å²) in [5.41, 5.74) is 8.43. The molecular formula is C14H21BrN2S. The van der Waals surface area contributed by atoms with Crippen LogP contribution in [0.1, 0.15) is 31.9 Å². The molecule has 1 aromatic carbocycles. The number of anilines is 1. The highest BCUT2D eigenvalue weighted by atomic mass is 79.9. The maximum Gasteiger partial charge on any atom is 0.0378 e. The molecule has 0 spiro atoms. The minimum Gasteiger partial charge on any atom is -0.370 e. The summed E-state index contributed by atoms with van der Waals surface area (Å²) in [6.07, 6.45) is 1.25. The molecule has 0 amide bonds. The van der Waals surface area contributed by atoms with E-state index in [1.165, 1.54) is 23.4 Å². The van der Waals surface area contributed by atoms with Gasteiger partial charge in [-0.05, 0) is 31.0 Å². The van der Waals surface area contributed by atoms with Crippen LogP contribution in [0.2, 0.25) is 0 Å². The topological polar surface area (TPSA) is 29.3 Å². The van der Waals surface area contributed by atoms with Gasteiger partial charge in [-0.15, -0.1) is 0 Å². The number of hydrogen-bond donors (Lipinski definition) is 1. The summed E-state index contributed by atoms with van der Waals surface area (Å²) < 4.78 is 1.13. The van der Waals surface area contributed by atoms with Gasteiger partial charge in [0.2, 0.25) is 0 Å². The van der Waals surface area contributed by atoms with Crippen molar-refractivity contribution in [1.29, 1.82) is 0 Å². The first kappa shape index (κ1) is 14.2. The maximum atomic E-state index is 5.94. The summed E-state index contributed by atoms with van der Waals surface area (Å²) in [6.45, 7) is 6.59. The predicted molar refractivity (Wildman–Crippen MR) is 85.5 cm³/mol. The number of nitrogens with zero attached hydrogens (tertiary/aromatic N) is 1. The minimum absolute atomic E-state index is 0.0775. The quantitative estimate of drug-likeness (QED) is 0.915. The fourth-order valence-corrected chi connectivity index (χ4v) is 4.19. The Kier molecular flexibility index (Phi) is 4.98. The third-order valence-corrected chi connectivity index (χ3v) is 5.49. The average Bonchev–Trinajstić information content (AvgIpc) is 2.38. The van der Waals surface area contributed by atoms with Gasteiger partial charge in [0.1, 0.15) is 0 Å². The van der Waals surface area contributed by atoms with Gasteiger partial charge < -0.3 is 10.6 Å². The van der Waals surface area contributed by atoms with Gasteiger partial charge in [-0.2, -0.15) is 11.8 Å². The third-order valence-electron chi connectivity index (χ3n) is 3.43. The summed E-state index contributed by atoms with van der Waals surface area (Å²) in [5.74, 6) is 1.23. The lowest BCUT2D eigenvalue weighted by Crippen LogP contribution is -2.37. The molecule has 2 atom stereocenters. The first-order valence-electron chi connectivity index (χ1n) is 6.53. The van der Waals surface area contributed by atoms with Gasteiger partial charge in [0.05, 0.1) is 0 Å². The molecule has 1 aliphatic rings. The van der Waals surface area contributed by atoms with Crippen LogP contribution < -0.4 is 10.6 Å². The zero-order chi connectivity index (χ0) is 13.1. The van der Waals surface area contributed by atoms with E-state index in [0.717, 1.165) is 22.8 Å². The first-order valence-corrected chi connectivity index (χ1v) is 8.37. The van der Waals surface area contributed by atoms with Gasteiger partial charge in [-0.25, -0.2) is 0 Å². The Bertz CT molecular complexity index is 409. The van der Waals surface area contributed by atoms with E-state index in [9.17, 15) is 0 Å². The zero-order valence-electron chi connectivity index (χ0n) is 11.0. The summed E-state index contributed by atoms with van der Waals surface area (Å²) in [6, 6.07) is 6.63. The Hall–Kier alpha value is -0.190. The largest absolute Gasteiger partial charge is 0.370 e. The minimum atomic E-state index is 0.0775. The first-order chi connectivity index (χ1) is 8.61. The highest BCUT2D eigenvalue weighted by Gasteiger charge is 2.19. The van der Waals surface area contributed by atoms with Gasteiger partial charge in [-0.1, -0.05) is 28.9 Å². The van der Waals surface area contributed by atoms with E-state index in [4.69, 9.17) is 5.73 Å². The second-order valence-corrected chi connectivity index (χ2v) is 7.10. The molecule has 1 aromatic rings. The van der Waals surface area contributed by atoms with E-state index in [1.807, 2.05) is 6.92 Å². The van der Waals surface area contributed by atoms with E-state index < -0.39 is 0 Å². The number of rotatable bonds is 3. The summed E-state index contributed by atoms with van der Waals surface area (Å²) in [5, 5.41) is 0.769. The fourth-order valence-electron chi connectivity index (χ4n) is 2.28. The molecule has 2 nitrogen and oxygen atoms in total. The van der Waals surface area contributed by atoms with Crippen molar-refractivity contribution in [3.8, 4) is 0 Å². The van der Waals surface area contributed by atoms with Gasteiger partial charge in [0, 0.05) is 40.3 Å². The molecular weight excluding hydrogens is 308 g/mol. The van der Waals surface area contributed by atoms with Crippen molar-refractivity contribution in [3.05, 3.63) is 28.2 Å². The Morgan fingerprint density at radius 3 is 2.94 bits per heavy atom. The highest BCUT2D eigenvalue weighted by Crippen LogP contribution is 2.30. The van der Waals surface area contributed by atoms with Crippen LogP contribution >= 0.6 is 27.7 Å². The second-order valence-electron chi connectivity index (χ2n) is 4.84. The molecule has 2 N–H and O–H groups in total. The van der Waals surface area contributed by atoms with Crippen molar-refractivity contribution >= 4 is 33.4 Å². The lowest BCUT2D eigenvalue weighted by atomic mass is 10.1. The lowest BCUT2D eigenvalue weighted by Gasteiger charge is -2.34. The Morgan fingerprint density at radius 1 is 1.56 bits per heavy atom. The molecule has 0 bridgehead atoms. The molecule has 0 aromatic heterocycles. The van der Waals surface area contributed by atoms with Crippen LogP contribution in [0.25, 0.3) is 0 Å². The van der Waals surface area contributed by atoms with Crippen LogP contribution in [-0.2, 0) is 0 Å². The van der Waals surface area contributed by atoms with Gasteiger partial charge in [0.15, 0.2) is 0 Å². The molecule has 0 aliphatic carbocycles. The van der Waals surface area contributed by atoms with E-state index in [0.29, 0.717) is 0 Å². The van der Waals surface area contributed by atoms with Gasteiger partial charge >= 0.3 is 0 Å². The van der Waals surface area contributed by atoms with Crippen LogP contribution in [0.5, 0.6) is 0 Å². The smallest absolute Gasteiger partial charge is 0.0378 e. The fraction of sp³-hybridized carbons (Fsp3) is 0.571. The van der Waals surface area contributed by atoms with Crippen molar-refractivity contribution < 1.29 is 0 Å². The van der Waals surface area contributed by atoms with Crippen molar-refractivity contribution in [3.63, 3.8) is 0 Å². The molecule has 18 heavy (non-hydrogen) atoms. The molecule has 2 rings (SSSR count). The highest BCUT2D eigenvalue weighted by molar-refractivity contribution is 9.10. The normalized spacial score (nSPS) is 22.0. The molecule has 4 heteroatoms. The van der Waals surface area contributed by atoms with Crippen molar-refractivity contribution in [2.24, 2.45) is 5.73 Å². The van der Waals surface area contributed by atoms with E-state index in [1.54, 1.807) is 0 Å². The van der Waals surface area contributed by atoms with Crippen LogP contribution in [0.3, 0.4) is 0 Å². The number of thioether (sulfide) groups is 1. The van der Waals surface area contributed by atoms with Crippen LogP contribution in [0.15, 0.2) is 22.7 Å². The van der Waals surface area contributed by atoms with E-state index in [2.05, 4.69) is 57.7 Å². The second kappa shape index (κ2) is 6.31. The molecule has 1 heterocycles. The monoisotopic (exact) mass is 328 g/mol. The molecule has 0 radical (unpaired) electrons. The SMILES string of the molecule is CCC1CN(c2ccc(C(C)N)c(Br)c2)CCS1. The zero-order valence-corrected chi connectivity index (χ0v) is 13.4. The Labute approximate surface area is 122 Å². The Morgan fingerprint density at radius 2 is 2.33 bits per heavy atom. The molecule has 2 unspecified atom stereocenters. The molecule has 0 saturated carbocycles. The average molecular weight is 329 g/mol. The number of hydrogen-bond acceptors (Lipinski definition) is 3. The maximum absolute atomic E-state index is 5.94. The number of benzene rings is 1. The van der Waals surface area contributed by atoms with Crippen molar-refractivity contribution in [2.75, 3.05) is 23.7 Å². The molecule has 1 saturated heterocycles. The van der Waals surface area contributed by atoms with Crippen molar-refractivity contribution in [1.82, 2.24) is 0 Å². The van der Waals surface area contributed by atoms with Gasteiger partial charge in [0.25, 0.3) is 0 Å². The summed E-state index contributed by atoms with van der Waals surface area (Å²) >= 11 is 5.74. The molecule has 1 aliphatic heterocycles. The third kappa shape index (κ3) is 3.22. The standard InChI is InChI=1S/C14H21BrN2S/c1-3-12-9-17(6-7-18-12)11-4-5-13(10(2)16)14(15)8-11/h4-5,8,10,12H,3,6-7,9,16H2,1-2H3. The van der Waals surface area contributed by atoms with Gasteiger partial charge in [-0.3, -0.25) is 0 Å². The van der Waals surface area contributed by atoms with Crippen LogP contribution in [-0.4, -0.2) is 24.1 Å². The Balaban J connectivity index is 2.16.